The molecule has 0 amide bonds. The zero-order chi connectivity index (χ0) is 15.1. The maximum atomic E-state index is 12.9. The summed E-state index contributed by atoms with van der Waals surface area (Å²) in [6, 6.07) is 11.9. The van der Waals surface area contributed by atoms with Gasteiger partial charge in [0.1, 0.15) is 18.2 Å². The number of hydrogen-bond acceptors (Lipinski definition) is 2. The predicted molar refractivity (Wildman–Crippen MR) is 84.2 cm³/mol. The van der Waals surface area contributed by atoms with Crippen molar-refractivity contribution < 1.29 is 9.13 Å². The number of nitrogens with one attached hydrogen (secondary N) is 1. The lowest BCUT2D eigenvalue weighted by molar-refractivity contribution is 0.302. The summed E-state index contributed by atoms with van der Waals surface area (Å²) in [7, 11) is 0. The van der Waals surface area contributed by atoms with Crippen molar-refractivity contribution >= 4 is 11.6 Å². The van der Waals surface area contributed by atoms with Crippen molar-refractivity contribution in [2.75, 3.05) is 6.54 Å². The van der Waals surface area contributed by atoms with Crippen LogP contribution in [0.25, 0.3) is 0 Å². The van der Waals surface area contributed by atoms with Crippen LogP contribution in [0.5, 0.6) is 5.75 Å². The van der Waals surface area contributed by atoms with Gasteiger partial charge in [-0.15, -0.1) is 0 Å². The fraction of sp³-hybridized carbons (Fsp3) is 0.294. The van der Waals surface area contributed by atoms with Gasteiger partial charge in [-0.05, 0) is 42.8 Å². The highest BCUT2D eigenvalue weighted by Crippen LogP contribution is 2.27. The Labute approximate surface area is 129 Å². The fourth-order valence-corrected chi connectivity index (χ4v) is 2.21. The quantitative estimate of drug-likeness (QED) is 0.757. The fourth-order valence-electron chi connectivity index (χ4n) is 1.98. The molecule has 2 aromatic rings. The van der Waals surface area contributed by atoms with E-state index in [1.165, 1.54) is 12.1 Å². The van der Waals surface area contributed by atoms with Gasteiger partial charge in [0.25, 0.3) is 0 Å². The maximum Gasteiger partial charge on any atom is 0.125 e. The lowest BCUT2D eigenvalue weighted by Gasteiger charge is -2.13. The Morgan fingerprint density at radius 3 is 2.62 bits per heavy atom. The monoisotopic (exact) mass is 307 g/mol. The van der Waals surface area contributed by atoms with E-state index in [9.17, 15) is 4.39 Å². The Balaban J connectivity index is 2.04. The molecule has 0 aliphatic heterocycles. The van der Waals surface area contributed by atoms with Gasteiger partial charge in [-0.2, -0.15) is 0 Å². The SMILES string of the molecule is CCCNCc1c(Cl)cccc1OCc1ccc(F)cc1. The number of ether oxygens (including phenoxy) is 1. The molecule has 0 aliphatic carbocycles. The summed E-state index contributed by atoms with van der Waals surface area (Å²) in [5.41, 5.74) is 1.87. The van der Waals surface area contributed by atoms with Crippen molar-refractivity contribution in [1.82, 2.24) is 5.32 Å². The van der Waals surface area contributed by atoms with Gasteiger partial charge in [-0.1, -0.05) is 36.7 Å². The van der Waals surface area contributed by atoms with Gasteiger partial charge in [0.2, 0.25) is 0 Å². The van der Waals surface area contributed by atoms with E-state index in [1.54, 1.807) is 12.1 Å². The van der Waals surface area contributed by atoms with E-state index in [0.717, 1.165) is 29.8 Å². The van der Waals surface area contributed by atoms with E-state index in [2.05, 4.69) is 12.2 Å². The molecule has 0 fully saturated rings. The van der Waals surface area contributed by atoms with Gasteiger partial charge in [-0.3, -0.25) is 0 Å². The Morgan fingerprint density at radius 1 is 1.14 bits per heavy atom. The van der Waals surface area contributed by atoms with Gasteiger partial charge in [-0.25, -0.2) is 4.39 Å². The number of rotatable bonds is 7. The van der Waals surface area contributed by atoms with Crippen LogP contribution < -0.4 is 10.1 Å². The normalized spacial score (nSPS) is 10.6. The first-order chi connectivity index (χ1) is 10.2. The largest absolute Gasteiger partial charge is 0.489 e. The molecule has 0 heterocycles. The van der Waals surface area contributed by atoms with E-state index in [0.29, 0.717) is 18.2 Å². The predicted octanol–water partition coefficient (Wildman–Crippen LogP) is 4.56. The molecule has 0 aromatic heterocycles. The summed E-state index contributed by atoms with van der Waals surface area (Å²) in [4.78, 5) is 0. The number of benzene rings is 2. The number of hydrogen-bond donors (Lipinski definition) is 1. The minimum atomic E-state index is -0.244. The molecule has 0 radical (unpaired) electrons. The molecule has 0 unspecified atom stereocenters. The van der Waals surface area contributed by atoms with Gasteiger partial charge < -0.3 is 10.1 Å². The zero-order valence-corrected chi connectivity index (χ0v) is 12.8. The summed E-state index contributed by atoms with van der Waals surface area (Å²) in [6.07, 6.45) is 1.07. The molecule has 0 atom stereocenters. The maximum absolute atomic E-state index is 12.9. The van der Waals surface area contributed by atoms with E-state index in [-0.39, 0.29) is 5.82 Å². The third-order valence-electron chi connectivity index (χ3n) is 3.11. The van der Waals surface area contributed by atoms with Crippen molar-refractivity contribution in [2.24, 2.45) is 0 Å². The zero-order valence-electron chi connectivity index (χ0n) is 12.0. The third-order valence-corrected chi connectivity index (χ3v) is 3.47. The Hall–Kier alpha value is -1.58. The van der Waals surface area contributed by atoms with Crippen LogP contribution in [0.3, 0.4) is 0 Å². The van der Waals surface area contributed by atoms with Gasteiger partial charge in [0.15, 0.2) is 0 Å². The van der Waals surface area contributed by atoms with Crippen molar-refractivity contribution in [2.45, 2.75) is 26.5 Å². The molecule has 0 spiro atoms. The first-order valence-electron chi connectivity index (χ1n) is 7.06. The summed E-state index contributed by atoms with van der Waals surface area (Å²) in [6.45, 7) is 4.11. The summed E-state index contributed by atoms with van der Waals surface area (Å²) >= 11 is 6.24. The molecule has 4 heteroatoms. The van der Waals surface area contributed by atoms with E-state index >= 15 is 0 Å². The van der Waals surface area contributed by atoms with Crippen LogP contribution >= 0.6 is 11.6 Å². The molecule has 2 rings (SSSR count). The second-order valence-electron chi connectivity index (χ2n) is 4.81. The first kappa shape index (κ1) is 15.8. The molecule has 21 heavy (non-hydrogen) atoms. The lowest BCUT2D eigenvalue weighted by Crippen LogP contribution is -2.15. The minimum Gasteiger partial charge on any atom is -0.489 e. The summed E-state index contributed by atoms with van der Waals surface area (Å²) in [5.74, 6) is 0.515. The number of halogens is 2. The molecule has 112 valence electrons. The van der Waals surface area contributed by atoms with E-state index < -0.39 is 0 Å². The standard InChI is InChI=1S/C17H19ClFNO/c1-2-10-20-11-15-16(18)4-3-5-17(15)21-12-13-6-8-14(19)9-7-13/h3-9,20H,2,10-12H2,1H3. The second-order valence-corrected chi connectivity index (χ2v) is 5.22. The molecule has 0 bridgehead atoms. The molecule has 2 nitrogen and oxygen atoms in total. The molecular formula is C17H19ClFNO. The van der Waals surface area contributed by atoms with Crippen molar-refractivity contribution in [3.63, 3.8) is 0 Å². The highest BCUT2D eigenvalue weighted by atomic mass is 35.5. The van der Waals surface area contributed by atoms with Crippen molar-refractivity contribution in [3.8, 4) is 5.75 Å². The average molecular weight is 308 g/mol. The Kier molecular flexibility index (Phi) is 6.03. The van der Waals surface area contributed by atoms with E-state index in [4.69, 9.17) is 16.3 Å². The second kappa shape index (κ2) is 8.01. The molecule has 0 saturated heterocycles. The van der Waals surface area contributed by atoms with Crippen LogP contribution in [-0.2, 0) is 13.2 Å². The van der Waals surface area contributed by atoms with Gasteiger partial charge in [0.05, 0.1) is 0 Å². The van der Waals surface area contributed by atoms with Crippen LogP contribution in [0.15, 0.2) is 42.5 Å². The molecule has 2 aromatic carbocycles. The summed E-state index contributed by atoms with van der Waals surface area (Å²) in [5, 5.41) is 4.01. The Morgan fingerprint density at radius 2 is 1.90 bits per heavy atom. The van der Waals surface area contributed by atoms with Crippen LogP contribution in [-0.4, -0.2) is 6.54 Å². The molecule has 0 saturated carbocycles. The minimum absolute atomic E-state index is 0.244. The molecule has 0 aliphatic rings. The van der Waals surface area contributed by atoms with Crippen LogP contribution in [0, 0.1) is 5.82 Å². The average Bonchev–Trinajstić information content (AvgIpc) is 2.49. The third kappa shape index (κ3) is 4.73. The van der Waals surface area contributed by atoms with Gasteiger partial charge >= 0.3 is 0 Å². The van der Waals surface area contributed by atoms with Crippen LogP contribution in [0.2, 0.25) is 5.02 Å². The first-order valence-corrected chi connectivity index (χ1v) is 7.44. The van der Waals surface area contributed by atoms with Gasteiger partial charge in [0, 0.05) is 17.1 Å². The van der Waals surface area contributed by atoms with Crippen molar-refractivity contribution in [3.05, 3.63) is 64.4 Å². The molecular weight excluding hydrogens is 289 g/mol. The highest BCUT2D eigenvalue weighted by molar-refractivity contribution is 6.31. The summed E-state index contributed by atoms with van der Waals surface area (Å²) < 4.78 is 18.7. The van der Waals surface area contributed by atoms with Crippen LogP contribution in [0.1, 0.15) is 24.5 Å². The smallest absolute Gasteiger partial charge is 0.125 e. The van der Waals surface area contributed by atoms with E-state index in [1.807, 2.05) is 18.2 Å². The highest BCUT2D eigenvalue weighted by Gasteiger charge is 2.08. The van der Waals surface area contributed by atoms with Crippen LogP contribution in [0.4, 0.5) is 4.39 Å². The Bertz CT molecular complexity index is 572. The molecule has 1 N–H and O–H groups in total. The van der Waals surface area contributed by atoms with Crippen molar-refractivity contribution in [1.29, 1.82) is 0 Å². The topological polar surface area (TPSA) is 21.3 Å². The lowest BCUT2D eigenvalue weighted by atomic mass is 10.2.